The Kier molecular flexibility index (Phi) is 5.11. The molecule has 0 aliphatic rings. The summed E-state index contributed by atoms with van der Waals surface area (Å²) in [6.07, 6.45) is 1.56. The van der Waals surface area contributed by atoms with Gasteiger partial charge >= 0.3 is 0 Å². The molecule has 128 valence electrons. The standard InChI is InChI=1S/C16H15ClN6OS/c1-2-18-16(25)23-13-6-4-10-15(21-13)22-14(8-19-10)20-11-7-9(17)3-5-12(11)24/h3-8,24H,2H2,1H3,(H3,18,20,21,22,23,25). The summed E-state index contributed by atoms with van der Waals surface area (Å²) in [7, 11) is 0. The number of pyridine rings is 1. The van der Waals surface area contributed by atoms with Crippen molar-refractivity contribution >= 4 is 57.4 Å². The molecule has 0 bridgehead atoms. The molecule has 2 heterocycles. The lowest BCUT2D eigenvalue weighted by Gasteiger charge is -2.10. The largest absolute Gasteiger partial charge is 0.506 e. The zero-order valence-corrected chi connectivity index (χ0v) is 14.8. The zero-order chi connectivity index (χ0) is 17.8. The van der Waals surface area contributed by atoms with E-state index in [4.69, 9.17) is 23.8 Å². The van der Waals surface area contributed by atoms with Gasteiger partial charge < -0.3 is 21.1 Å². The highest BCUT2D eigenvalue weighted by atomic mass is 35.5. The summed E-state index contributed by atoms with van der Waals surface area (Å²) >= 11 is 11.1. The second-order valence-electron chi connectivity index (χ2n) is 5.07. The number of halogens is 1. The number of fused-ring (bicyclic) bond motifs is 1. The maximum Gasteiger partial charge on any atom is 0.182 e. The van der Waals surface area contributed by atoms with Gasteiger partial charge in [-0.2, -0.15) is 0 Å². The molecule has 3 aromatic rings. The smallest absolute Gasteiger partial charge is 0.182 e. The average molecular weight is 375 g/mol. The first-order valence-corrected chi connectivity index (χ1v) is 8.28. The molecule has 0 aliphatic carbocycles. The van der Waals surface area contributed by atoms with Crippen LogP contribution in [0.5, 0.6) is 5.75 Å². The second-order valence-corrected chi connectivity index (χ2v) is 5.91. The molecule has 0 aliphatic heterocycles. The molecule has 0 radical (unpaired) electrons. The van der Waals surface area contributed by atoms with Crippen molar-refractivity contribution in [2.75, 3.05) is 17.2 Å². The van der Waals surface area contributed by atoms with Crippen molar-refractivity contribution in [2.24, 2.45) is 0 Å². The van der Waals surface area contributed by atoms with Crippen molar-refractivity contribution in [1.29, 1.82) is 0 Å². The minimum absolute atomic E-state index is 0.0608. The van der Waals surface area contributed by atoms with Gasteiger partial charge in [0.2, 0.25) is 0 Å². The summed E-state index contributed by atoms with van der Waals surface area (Å²) in [5.41, 5.74) is 1.51. The Morgan fingerprint density at radius 3 is 2.80 bits per heavy atom. The normalized spacial score (nSPS) is 10.5. The van der Waals surface area contributed by atoms with E-state index in [1.165, 1.54) is 6.07 Å². The molecule has 0 saturated carbocycles. The molecule has 25 heavy (non-hydrogen) atoms. The highest BCUT2D eigenvalue weighted by Crippen LogP contribution is 2.29. The minimum atomic E-state index is 0.0608. The number of aromatic hydroxyl groups is 1. The monoisotopic (exact) mass is 374 g/mol. The molecular weight excluding hydrogens is 360 g/mol. The number of nitrogens with zero attached hydrogens (tertiary/aromatic N) is 3. The first kappa shape index (κ1) is 17.1. The van der Waals surface area contributed by atoms with E-state index >= 15 is 0 Å². The lowest BCUT2D eigenvalue weighted by atomic mass is 10.3. The molecule has 2 aromatic heterocycles. The third-order valence-corrected chi connectivity index (χ3v) is 3.69. The second kappa shape index (κ2) is 7.45. The molecule has 3 rings (SSSR count). The summed E-state index contributed by atoms with van der Waals surface area (Å²) in [5, 5.41) is 19.8. The van der Waals surface area contributed by atoms with Crippen molar-refractivity contribution in [2.45, 2.75) is 6.92 Å². The van der Waals surface area contributed by atoms with Gasteiger partial charge in [0, 0.05) is 11.6 Å². The van der Waals surface area contributed by atoms with Gasteiger partial charge in [0.05, 0.1) is 11.9 Å². The van der Waals surface area contributed by atoms with Gasteiger partial charge in [0.15, 0.2) is 16.6 Å². The molecule has 9 heteroatoms. The van der Waals surface area contributed by atoms with Crippen LogP contribution in [0.1, 0.15) is 6.92 Å². The summed E-state index contributed by atoms with van der Waals surface area (Å²) < 4.78 is 0. The van der Waals surface area contributed by atoms with Gasteiger partial charge in [-0.15, -0.1) is 0 Å². The molecule has 0 amide bonds. The van der Waals surface area contributed by atoms with Crippen LogP contribution in [0.25, 0.3) is 11.2 Å². The molecule has 0 unspecified atom stereocenters. The number of phenols is 1. The van der Waals surface area contributed by atoms with Crippen LogP contribution in [0.3, 0.4) is 0 Å². The molecule has 0 saturated heterocycles. The van der Waals surface area contributed by atoms with Crippen molar-refractivity contribution in [3.8, 4) is 5.75 Å². The number of benzene rings is 1. The fraction of sp³-hybridized carbons (Fsp3) is 0.125. The topological polar surface area (TPSA) is 95.0 Å². The third kappa shape index (κ3) is 4.23. The van der Waals surface area contributed by atoms with Crippen LogP contribution in [0.4, 0.5) is 17.3 Å². The fourth-order valence-corrected chi connectivity index (χ4v) is 2.52. The Morgan fingerprint density at radius 1 is 1.20 bits per heavy atom. The first-order chi connectivity index (χ1) is 12.0. The van der Waals surface area contributed by atoms with Crippen LogP contribution in [0, 0.1) is 0 Å². The van der Waals surface area contributed by atoms with Crippen LogP contribution in [0.15, 0.2) is 36.5 Å². The third-order valence-electron chi connectivity index (χ3n) is 3.21. The van der Waals surface area contributed by atoms with Gasteiger partial charge in [0.1, 0.15) is 17.1 Å². The predicted octanol–water partition coefficient (Wildman–Crippen LogP) is 3.43. The average Bonchev–Trinajstić information content (AvgIpc) is 2.58. The molecule has 1 aromatic carbocycles. The van der Waals surface area contributed by atoms with E-state index in [9.17, 15) is 5.11 Å². The number of hydrogen-bond donors (Lipinski definition) is 4. The lowest BCUT2D eigenvalue weighted by molar-refractivity contribution is 0.477. The van der Waals surface area contributed by atoms with Crippen LogP contribution >= 0.6 is 23.8 Å². The van der Waals surface area contributed by atoms with Crippen molar-refractivity contribution < 1.29 is 5.11 Å². The maximum atomic E-state index is 9.89. The number of thiocarbonyl (C=S) groups is 1. The van der Waals surface area contributed by atoms with E-state index in [1.807, 2.05) is 6.92 Å². The van der Waals surface area contributed by atoms with E-state index in [0.29, 0.717) is 38.6 Å². The predicted molar refractivity (Wildman–Crippen MR) is 104 cm³/mol. The van der Waals surface area contributed by atoms with Gasteiger partial charge in [-0.1, -0.05) is 11.6 Å². The van der Waals surface area contributed by atoms with Gasteiger partial charge in [-0.3, -0.25) is 0 Å². The van der Waals surface area contributed by atoms with E-state index in [1.54, 1.807) is 30.5 Å². The van der Waals surface area contributed by atoms with E-state index in [2.05, 4.69) is 30.9 Å². The number of aromatic nitrogens is 3. The van der Waals surface area contributed by atoms with Gasteiger partial charge in [-0.05, 0) is 49.5 Å². The Labute approximate surface area is 154 Å². The molecular formula is C16H15ClN6OS. The van der Waals surface area contributed by atoms with Crippen LogP contribution < -0.4 is 16.0 Å². The Morgan fingerprint density at radius 2 is 2.00 bits per heavy atom. The van der Waals surface area contributed by atoms with Crippen LogP contribution in [0.2, 0.25) is 5.02 Å². The highest BCUT2D eigenvalue weighted by molar-refractivity contribution is 7.80. The lowest BCUT2D eigenvalue weighted by Crippen LogP contribution is -2.28. The quantitative estimate of drug-likeness (QED) is 0.407. The minimum Gasteiger partial charge on any atom is -0.506 e. The summed E-state index contributed by atoms with van der Waals surface area (Å²) in [4.78, 5) is 13.1. The molecule has 0 fully saturated rings. The Hall–Kier alpha value is -2.71. The number of rotatable bonds is 4. The molecule has 0 spiro atoms. The Balaban J connectivity index is 1.87. The van der Waals surface area contributed by atoms with E-state index in [0.717, 1.165) is 6.54 Å². The number of hydrogen-bond acceptors (Lipinski definition) is 6. The summed E-state index contributed by atoms with van der Waals surface area (Å²) in [6, 6.07) is 8.27. The maximum absolute atomic E-state index is 9.89. The number of anilines is 3. The van der Waals surface area contributed by atoms with E-state index in [-0.39, 0.29) is 5.75 Å². The fourth-order valence-electron chi connectivity index (χ4n) is 2.10. The zero-order valence-electron chi connectivity index (χ0n) is 13.2. The number of phenolic OH excluding ortho intramolecular Hbond substituents is 1. The Bertz CT molecular complexity index is 936. The summed E-state index contributed by atoms with van der Waals surface area (Å²) in [6.45, 7) is 2.67. The SMILES string of the molecule is CCNC(=S)Nc1ccc2ncc(Nc3cc(Cl)ccc3O)nc2n1. The van der Waals surface area contributed by atoms with E-state index < -0.39 is 0 Å². The first-order valence-electron chi connectivity index (χ1n) is 7.49. The van der Waals surface area contributed by atoms with Gasteiger partial charge in [-0.25, -0.2) is 15.0 Å². The molecule has 4 N–H and O–H groups in total. The van der Waals surface area contributed by atoms with Crippen molar-refractivity contribution in [3.63, 3.8) is 0 Å². The van der Waals surface area contributed by atoms with Crippen molar-refractivity contribution in [3.05, 3.63) is 41.6 Å². The molecule has 7 nitrogen and oxygen atoms in total. The summed E-state index contributed by atoms with van der Waals surface area (Å²) in [5.74, 6) is 1.06. The molecule has 0 atom stereocenters. The van der Waals surface area contributed by atoms with Gasteiger partial charge in [0.25, 0.3) is 0 Å². The number of nitrogens with one attached hydrogen (secondary N) is 3. The van der Waals surface area contributed by atoms with Crippen molar-refractivity contribution in [1.82, 2.24) is 20.3 Å². The van der Waals surface area contributed by atoms with Crippen LogP contribution in [-0.2, 0) is 0 Å². The highest BCUT2D eigenvalue weighted by Gasteiger charge is 2.07. The van der Waals surface area contributed by atoms with Crippen LogP contribution in [-0.4, -0.2) is 31.7 Å².